The van der Waals surface area contributed by atoms with Gasteiger partial charge in [0.1, 0.15) is 5.82 Å². The molecule has 4 rings (SSSR count). The first-order valence-electron chi connectivity index (χ1n) is 10.4. The fourth-order valence-corrected chi connectivity index (χ4v) is 4.07. The first kappa shape index (κ1) is 22.1. The van der Waals surface area contributed by atoms with Gasteiger partial charge in [0, 0.05) is 49.5 Å². The number of benzene rings is 2. The molecule has 1 aliphatic rings. The smallest absolute Gasteiger partial charge is 0.418 e. The number of anilines is 1. The van der Waals surface area contributed by atoms with E-state index >= 15 is 0 Å². The lowest BCUT2D eigenvalue weighted by molar-refractivity contribution is -0.137. The zero-order chi connectivity index (χ0) is 23.0. The van der Waals surface area contributed by atoms with Crippen molar-refractivity contribution in [2.45, 2.75) is 26.1 Å². The number of nitrogens with zero attached hydrogens (tertiary/aromatic N) is 3. The van der Waals surface area contributed by atoms with Crippen molar-refractivity contribution in [3.63, 3.8) is 0 Å². The Hall–Kier alpha value is -3.07. The third kappa shape index (κ3) is 4.29. The van der Waals surface area contributed by atoms with Gasteiger partial charge < -0.3 is 15.0 Å². The lowest BCUT2D eigenvalue weighted by atomic mass is 10.1. The van der Waals surface area contributed by atoms with Gasteiger partial charge in [-0.15, -0.1) is 0 Å². The number of halogens is 4. The van der Waals surface area contributed by atoms with E-state index in [1.54, 1.807) is 11.0 Å². The summed E-state index contributed by atoms with van der Waals surface area (Å²) in [6, 6.07) is 8.58. The third-order valence-electron chi connectivity index (χ3n) is 5.80. The molecule has 2 aromatic carbocycles. The molecule has 1 aromatic heterocycles. The van der Waals surface area contributed by atoms with E-state index in [4.69, 9.17) is 0 Å². The zero-order valence-corrected chi connectivity index (χ0v) is 17.7. The van der Waals surface area contributed by atoms with E-state index in [9.17, 15) is 22.7 Å². The number of rotatable bonds is 4. The molecule has 3 aromatic rings. The van der Waals surface area contributed by atoms with Crippen LogP contribution in [0.4, 0.5) is 28.9 Å². The highest BCUT2D eigenvalue weighted by atomic mass is 19.4. The van der Waals surface area contributed by atoms with Crippen molar-refractivity contribution in [3.8, 4) is 5.88 Å². The monoisotopic (exact) mass is 448 g/mol. The number of aromatic amines is 1. The Morgan fingerprint density at radius 3 is 2.47 bits per heavy atom. The number of fused-ring (bicyclic) bond motifs is 1. The summed E-state index contributed by atoms with van der Waals surface area (Å²) >= 11 is 0. The summed E-state index contributed by atoms with van der Waals surface area (Å²) in [6.45, 7) is 6.54. The molecular weight excluding hydrogens is 424 g/mol. The molecule has 0 bridgehead atoms. The van der Waals surface area contributed by atoms with Crippen LogP contribution >= 0.6 is 0 Å². The first-order chi connectivity index (χ1) is 15.1. The fourth-order valence-electron chi connectivity index (χ4n) is 4.07. The van der Waals surface area contributed by atoms with Crippen molar-refractivity contribution in [2.75, 3.05) is 31.1 Å². The Morgan fingerprint density at radius 2 is 1.81 bits per heavy atom. The highest BCUT2D eigenvalue weighted by Gasteiger charge is 2.36. The molecule has 0 amide bonds. The van der Waals surface area contributed by atoms with Crippen LogP contribution in [0.15, 0.2) is 41.4 Å². The second-order valence-corrected chi connectivity index (χ2v) is 8.12. The molecule has 0 radical (unpaired) electrons. The molecule has 5 nitrogen and oxygen atoms in total. The molecule has 0 aliphatic carbocycles. The first-order valence-corrected chi connectivity index (χ1v) is 10.4. The minimum absolute atomic E-state index is 0.0620. The lowest BCUT2D eigenvalue weighted by Gasteiger charge is -2.39. The van der Waals surface area contributed by atoms with Crippen LogP contribution in [0.3, 0.4) is 0 Å². The minimum atomic E-state index is -4.55. The van der Waals surface area contributed by atoms with E-state index in [0.717, 1.165) is 6.07 Å². The number of hydrogen-bond donors (Lipinski definition) is 2. The predicted molar refractivity (Wildman–Crippen MR) is 118 cm³/mol. The summed E-state index contributed by atoms with van der Waals surface area (Å²) in [4.78, 5) is 10.7. The number of hydrogen-bond acceptors (Lipinski definition) is 4. The molecule has 9 heteroatoms. The van der Waals surface area contributed by atoms with E-state index in [2.05, 4.69) is 28.7 Å². The van der Waals surface area contributed by atoms with Crippen molar-refractivity contribution < 1.29 is 22.7 Å². The van der Waals surface area contributed by atoms with E-state index < -0.39 is 17.6 Å². The van der Waals surface area contributed by atoms with Gasteiger partial charge in [0.25, 0.3) is 0 Å². The molecule has 2 N–H and O–H groups in total. The van der Waals surface area contributed by atoms with Crippen LogP contribution < -0.4 is 4.90 Å². The molecule has 0 saturated carbocycles. The zero-order valence-electron chi connectivity index (χ0n) is 17.7. The molecule has 0 spiro atoms. The van der Waals surface area contributed by atoms with Crippen molar-refractivity contribution >= 4 is 28.5 Å². The van der Waals surface area contributed by atoms with Gasteiger partial charge in [0.05, 0.1) is 22.3 Å². The third-order valence-corrected chi connectivity index (χ3v) is 5.80. The van der Waals surface area contributed by atoms with E-state index in [0.29, 0.717) is 37.7 Å². The minimum Gasteiger partial charge on any atom is -0.494 e. The van der Waals surface area contributed by atoms with Gasteiger partial charge in [-0.2, -0.15) is 13.2 Å². The number of nitrogens with one attached hydrogen (secondary N) is 1. The standard InChI is InChI=1S/C23H24F4N4O/c1-14(2)30-8-10-31(11-9-30)20-7-6-15(12-17(20)23(25,26)27)28-13-16-21-18(24)4-3-5-19(21)29-22(16)32/h3-7,12-14,29,32H,8-11H2,1-2H3. The topological polar surface area (TPSA) is 54.9 Å². The maximum Gasteiger partial charge on any atom is 0.418 e. The van der Waals surface area contributed by atoms with E-state index in [1.165, 1.54) is 30.5 Å². The largest absolute Gasteiger partial charge is 0.494 e. The van der Waals surface area contributed by atoms with Crippen LogP contribution in [0.25, 0.3) is 10.9 Å². The normalized spacial score (nSPS) is 16.0. The Balaban J connectivity index is 1.65. The van der Waals surface area contributed by atoms with Gasteiger partial charge in [0.15, 0.2) is 5.88 Å². The molecule has 170 valence electrons. The average molecular weight is 448 g/mol. The summed E-state index contributed by atoms with van der Waals surface area (Å²) in [5.74, 6) is -0.864. The summed E-state index contributed by atoms with van der Waals surface area (Å²) in [5.41, 5.74) is -0.122. The van der Waals surface area contributed by atoms with Gasteiger partial charge in [0.2, 0.25) is 0 Å². The van der Waals surface area contributed by atoms with Crippen molar-refractivity contribution in [3.05, 3.63) is 53.3 Å². The Morgan fingerprint density at radius 1 is 1.09 bits per heavy atom. The molecule has 32 heavy (non-hydrogen) atoms. The predicted octanol–water partition coefficient (Wildman–Crippen LogP) is 5.31. The summed E-state index contributed by atoms with van der Waals surface area (Å²) in [7, 11) is 0. The number of H-pyrrole nitrogens is 1. The van der Waals surface area contributed by atoms with Crippen molar-refractivity contribution in [1.82, 2.24) is 9.88 Å². The van der Waals surface area contributed by atoms with Gasteiger partial charge in [-0.1, -0.05) is 6.07 Å². The molecule has 1 saturated heterocycles. The molecule has 2 heterocycles. The number of alkyl halides is 3. The summed E-state index contributed by atoms with van der Waals surface area (Å²) in [5, 5.41) is 10.2. The highest BCUT2D eigenvalue weighted by molar-refractivity contribution is 6.02. The number of aromatic hydroxyl groups is 1. The molecule has 0 unspecified atom stereocenters. The lowest BCUT2D eigenvalue weighted by Crippen LogP contribution is -2.49. The van der Waals surface area contributed by atoms with Crippen LogP contribution in [0.5, 0.6) is 5.88 Å². The van der Waals surface area contributed by atoms with Crippen LogP contribution in [0.2, 0.25) is 0 Å². The number of aliphatic imine (C=N–C) groups is 1. The highest BCUT2D eigenvalue weighted by Crippen LogP contribution is 2.39. The maximum absolute atomic E-state index is 14.2. The van der Waals surface area contributed by atoms with E-state index in [-0.39, 0.29) is 28.2 Å². The Labute approximate surface area is 183 Å². The molecule has 1 fully saturated rings. The number of aromatic nitrogens is 1. The van der Waals surface area contributed by atoms with Crippen LogP contribution in [-0.4, -0.2) is 53.4 Å². The summed E-state index contributed by atoms with van der Waals surface area (Å²) < 4.78 is 55.7. The molecule has 1 aliphatic heterocycles. The van der Waals surface area contributed by atoms with Gasteiger partial charge in [-0.05, 0) is 44.2 Å². The SMILES string of the molecule is CC(C)N1CCN(c2ccc(N=Cc3c(O)[nH]c4cccc(F)c34)cc2C(F)(F)F)CC1. The van der Waals surface area contributed by atoms with Crippen molar-refractivity contribution in [1.29, 1.82) is 0 Å². The second-order valence-electron chi connectivity index (χ2n) is 8.12. The Bertz CT molecular complexity index is 1140. The Kier molecular flexibility index (Phi) is 5.85. The average Bonchev–Trinajstić information content (AvgIpc) is 3.08. The molecule has 0 atom stereocenters. The second kappa shape index (κ2) is 8.46. The van der Waals surface area contributed by atoms with Crippen LogP contribution in [0.1, 0.15) is 25.0 Å². The summed E-state index contributed by atoms with van der Waals surface area (Å²) in [6.07, 6.45) is -3.38. The van der Waals surface area contributed by atoms with Crippen LogP contribution in [-0.2, 0) is 6.18 Å². The fraction of sp³-hybridized carbons (Fsp3) is 0.348. The molecular formula is C23H24F4N4O. The maximum atomic E-state index is 14.2. The van der Waals surface area contributed by atoms with Gasteiger partial charge >= 0.3 is 6.18 Å². The quantitative estimate of drug-likeness (QED) is 0.420. The van der Waals surface area contributed by atoms with Gasteiger partial charge in [-0.25, -0.2) is 4.39 Å². The number of piperazine rings is 1. The van der Waals surface area contributed by atoms with E-state index in [1.807, 2.05) is 0 Å². The van der Waals surface area contributed by atoms with Crippen molar-refractivity contribution in [2.24, 2.45) is 4.99 Å². The van der Waals surface area contributed by atoms with Crippen LogP contribution in [0, 0.1) is 5.82 Å². The van der Waals surface area contributed by atoms with Gasteiger partial charge in [-0.3, -0.25) is 9.89 Å².